The van der Waals surface area contributed by atoms with Gasteiger partial charge in [-0.25, -0.2) is 4.79 Å². The van der Waals surface area contributed by atoms with Crippen LogP contribution in [-0.4, -0.2) is 32.0 Å². The lowest BCUT2D eigenvalue weighted by Gasteiger charge is -2.09. The molecule has 3 rings (SSSR count). The summed E-state index contributed by atoms with van der Waals surface area (Å²) in [5.74, 6) is -1.15. The van der Waals surface area contributed by atoms with Gasteiger partial charge in [-0.15, -0.1) is 0 Å². The predicted molar refractivity (Wildman–Crippen MR) is 99.6 cm³/mol. The number of hydrogen-bond acceptors (Lipinski definition) is 5. The number of para-hydroxylation sites is 1. The zero-order valence-corrected chi connectivity index (χ0v) is 15.0. The normalized spacial score (nSPS) is 17.6. The minimum atomic E-state index is -0.532. The molecule has 27 heavy (non-hydrogen) atoms. The first-order chi connectivity index (χ1) is 13.0. The molecule has 0 heterocycles. The zero-order valence-electron chi connectivity index (χ0n) is 15.0. The van der Waals surface area contributed by atoms with Crippen molar-refractivity contribution in [2.45, 2.75) is 6.42 Å². The summed E-state index contributed by atoms with van der Waals surface area (Å²) in [6.45, 7) is 0. The van der Waals surface area contributed by atoms with E-state index in [9.17, 15) is 14.4 Å². The third kappa shape index (κ3) is 4.25. The van der Waals surface area contributed by atoms with Crippen molar-refractivity contribution in [3.8, 4) is 5.75 Å². The van der Waals surface area contributed by atoms with E-state index in [4.69, 9.17) is 9.47 Å². The molecule has 0 radical (unpaired) electrons. The van der Waals surface area contributed by atoms with Crippen molar-refractivity contribution in [1.29, 1.82) is 0 Å². The van der Waals surface area contributed by atoms with E-state index in [2.05, 4.69) is 10.6 Å². The van der Waals surface area contributed by atoms with Gasteiger partial charge in [0.2, 0.25) is 11.8 Å². The highest BCUT2D eigenvalue weighted by Crippen LogP contribution is 2.40. The van der Waals surface area contributed by atoms with Gasteiger partial charge in [0.15, 0.2) is 0 Å². The molecule has 1 saturated carbocycles. The number of benzene rings is 2. The van der Waals surface area contributed by atoms with Crippen LogP contribution in [0, 0.1) is 11.8 Å². The second-order valence-electron chi connectivity index (χ2n) is 6.19. The number of methoxy groups -OCH3 is 2. The van der Waals surface area contributed by atoms with Crippen LogP contribution >= 0.6 is 0 Å². The van der Waals surface area contributed by atoms with Gasteiger partial charge < -0.3 is 20.1 Å². The average molecular weight is 368 g/mol. The molecule has 0 bridgehead atoms. The molecule has 0 spiro atoms. The molecule has 2 amide bonds. The maximum atomic E-state index is 12.4. The lowest BCUT2D eigenvalue weighted by Crippen LogP contribution is -2.21. The molecule has 1 fully saturated rings. The van der Waals surface area contributed by atoms with Crippen LogP contribution in [0.4, 0.5) is 11.4 Å². The Morgan fingerprint density at radius 2 is 1.52 bits per heavy atom. The summed E-state index contributed by atoms with van der Waals surface area (Å²) >= 11 is 0. The Kier molecular flexibility index (Phi) is 5.40. The van der Waals surface area contributed by atoms with E-state index >= 15 is 0 Å². The average Bonchev–Trinajstić information content (AvgIpc) is 3.49. The summed E-state index contributed by atoms with van der Waals surface area (Å²) < 4.78 is 9.79. The lowest BCUT2D eigenvalue weighted by molar-refractivity contribution is -0.122. The maximum Gasteiger partial charge on any atom is 0.339 e. The fraction of sp³-hybridized carbons (Fsp3) is 0.250. The third-order valence-corrected chi connectivity index (χ3v) is 4.41. The van der Waals surface area contributed by atoms with Crippen molar-refractivity contribution in [3.63, 3.8) is 0 Å². The number of anilines is 2. The van der Waals surface area contributed by atoms with Crippen LogP contribution in [0.1, 0.15) is 16.8 Å². The molecule has 0 saturated heterocycles. The summed E-state index contributed by atoms with van der Waals surface area (Å²) in [7, 11) is 2.85. The molecule has 2 N–H and O–H groups in total. The van der Waals surface area contributed by atoms with E-state index in [1.807, 2.05) is 0 Å². The van der Waals surface area contributed by atoms with Crippen molar-refractivity contribution >= 4 is 29.2 Å². The number of hydrogen-bond donors (Lipinski definition) is 2. The number of amides is 2. The van der Waals surface area contributed by atoms with Gasteiger partial charge in [0.25, 0.3) is 0 Å². The Hall–Kier alpha value is -3.35. The highest BCUT2D eigenvalue weighted by Gasteiger charge is 2.48. The van der Waals surface area contributed by atoms with Crippen molar-refractivity contribution in [1.82, 2.24) is 0 Å². The Labute approximate surface area is 156 Å². The van der Waals surface area contributed by atoms with Gasteiger partial charge in [-0.2, -0.15) is 0 Å². The first-order valence-corrected chi connectivity index (χ1v) is 8.46. The van der Waals surface area contributed by atoms with Crippen LogP contribution in [0.25, 0.3) is 0 Å². The van der Waals surface area contributed by atoms with E-state index in [1.54, 1.807) is 55.6 Å². The second-order valence-corrected chi connectivity index (χ2v) is 6.19. The highest BCUT2D eigenvalue weighted by atomic mass is 16.5. The number of rotatable bonds is 6. The number of esters is 1. The molecular formula is C20H20N2O5. The van der Waals surface area contributed by atoms with E-state index in [0.717, 1.165) is 0 Å². The van der Waals surface area contributed by atoms with Crippen LogP contribution in [0.15, 0.2) is 48.5 Å². The summed E-state index contributed by atoms with van der Waals surface area (Å²) in [4.78, 5) is 36.5. The molecule has 2 unspecified atom stereocenters. The quantitative estimate of drug-likeness (QED) is 0.765. The highest BCUT2D eigenvalue weighted by molar-refractivity contribution is 6.06. The molecule has 1 aliphatic carbocycles. The van der Waals surface area contributed by atoms with Gasteiger partial charge >= 0.3 is 5.97 Å². The van der Waals surface area contributed by atoms with Crippen LogP contribution < -0.4 is 15.4 Å². The van der Waals surface area contributed by atoms with Crippen molar-refractivity contribution < 1.29 is 23.9 Å². The van der Waals surface area contributed by atoms with Crippen LogP contribution in [0.5, 0.6) is 5.75 Å². The van der Waals surface area contributed by atoms with Gasteiger partial charge in [-0.3, -0.25) is 9.59 Å². The molecule has 2 aromatic rings. The smallest absolute Gasteiger partial charge is 0.339 e. The van der Waals surface area contributed by atoms with Crippen LogP contribution in [-0.2, 0) is 14.3 Å². The van der Waals surface area contributed by atoms with Gasteiger partial charge in [-0.05, 0) is 42.8 Å². The zero-order chi connectivity index (χ0) is 19.4. The van der Waals surface area contributed by atoms with Gasteiger partial charge in [0.05, 0.1) is 37.3 Å². The molecule has 0 aromatic heterocycles. The summed E-state index contributed by atoms with van der Waals surface area (Å²) in [5.41, 5.74) is 1.28. The number of ether oxygens (including phenoxy) is 2. The second kappa shape index (κ2) is 7.90. The standard InChI is InChI=1S/C20H20N2O5/c1-26-13-9-7-12(8-10-13)21-18(23)15-11-16(15)19(24)22-17-6-4-3-5-14(17)20(25)27-2/h3-10,15-16H,11H2,1-2H3,(H,21,23)(H,22,24). The first-order valence-electron chi connectivity index (χ1n) is 8.46. The van der Waals surface area contributed by atoms with Crippen molar-refractivity contribution in [3.05, 3.63) is 54.1 Å². The molecule has 1 aliphatic rings. The minimum absolute atomic E-state index is 0.207. The Morgan fingerprint density at radius 3 is 2.15 bits per heavy atom. The van der Waals surface area contributed by atoms with Crippen LogP contribution in [0.3, 0.4) is 0 Å². The van der Waals surface area contributed by atoms with E-state index in [-0.39, 0.29) is 17.4 Å². The number of carbonyl (C=O) groups is 3. The minimum Gasteiger partial charge on any atom is -0.497 e. The Morgan fingerprint density at radius 1 is 0.889 bits per heavy atom. The van der Waals surface area contributed by atoms with E-state index in [1.165, 1.54) is 7.11 Å². The molecule has 2 atom stereocenters. The van der Waals surface area contributed by atoms with Crippen LogP contribution in [0.2, 0.25) is 0 Å². The van der Waals surface area contributed by atoms with E-state index in [0.29, 0.717) is 23.5 Å². The largest absolute Gasteiger partial charge is 0.497 e. The Balaban J connectivity index is 1.59. The Bertz CT molecular complexity index is 863. The van der Waals surface area contributed by atoms with Crippen molar-refractivity contribution in [2.24, 2.45) is 11.8 Å². The molecule has 0 aliphatic heterocycles. The predicted octanol–water partition coefficient (Wildman–Crippen LogP) is 2.70. The monoisotopic (exact) mass is 368 g/mol. The third-order valence-electron chi connectivity index (χ3n) is 4.41. The topological polar surface area (TPSA) is 93.7 Å². The molecule has 7 heteroatoms. The number of carbonyl (C=O) groups excluding carboxylic acids is 3. The molecule has 2 aromatic carbocycles. The fourth-order valence-corrected chi connectivity index (χ4v) is 2.79. The van der Waals surface area contributed by atoms with Crippen molar-refractivity contribution in [2.75, 3.05) is 24.9 Å². The van der Waals surface area contributed by atoms with Gasteiger partial charge in [0, 0.05) is 5.69 Å². The SMILES string of the molecule is COC(=O)c1ccccc1NC(=O)C1CC1C(=O)Nc1ccc(OC)cc1. The maximum absolute atomic E-state index is 12.4. The molecular weight excluding hydrogens is 348 g/mol. The molecule has 7 nitrogen and oxygen atoms in total. The summed E-state index contributed by atoms with van der Waals surface area (Å²) in [6, 6.07) is 13.6. The van der Waals surface area contributed by atoms with Gasteiger partial charge in [-0.1, -0.05) is 12.1 Å². The van der Waals surface area contributed by atoms with E-state index < -0.39 is 17.8 Å². The first kappa shape index (κ1) is 18.4. The van der Waals surface area contributed by atoms with Gasteiger partial charge in [0.1, 0.15) is 5.75 Å². The lowest BCUT2D eigenvalue weighted by atomic mass is 10.1. The number of nitrogens with one attached hydrogen (secondary N) is 2. The fourth-order valence-electron chi connectivity index (χ4n) is 2.79. The molecule has 140 valence electrons. The summed E-state index contributed by atoms with van der Waals surface area (Å²) in [6.07, 6.45) is 0.466. The summed E-state index contributed by atoms with van der Waals surface area (Å²) in [5, 5.41) is 5.51.